The van der Waals surface area contributed by atoms with Crippen molar-refractivity contribution in [3.63, 3.8) is 0 Å². The van der Waals surface area contributed by atoms with Crippen molar-refractivity contribution in [3.8, 4) is 11.8 Å². The number of hydrogen-bond acceptors (Lipinski definition) is 0. The molecule has 2 aromatic rings. The average Bonchev–Trinajstić information content (AvgIpc) is 3.42. The standard InChI is InChI=1S/C50H76N2/c1-9-14-18-19-20-21-22-23-24-25-26-27-28-29-30-34-48-46(13-5)49(44-35-39(6)41(8)40(7)36-44)52(51)50(48)45-37-42(31-15-10-2)47(33-17-12-4)43(38-45)32-16-11-3/h35-38H,9-29,31-33H2,1-8H3. The van der Waals surface area contributed by atoms with Gasteiger partial charge in [-0.25, -0.2) is 4.70 Å². The second kappa shape index (κ2) is 24.4. The van der Waals surface area contributed by atoms with Crippen LogP contribution in [0.15, 0.2) is 35.4 Å². The van der Waals surface area contributed by atoms with Crippen LogP contribution in [-0.4, -0.2) is 4.70 Å². The summed E-state index contributed by atoms with van der Waals surface area (Å²) in [6.07, 6.45) is 30.0. The number of benzene rings is 2. The van der Waals surface area contributed by atoms with Gasteiger partial charge in [-0.1, -0.05) is 143 Å². The molecule has 0 spiro atoms. The Labute approximate surface area is 321 Å². The number of rotatable bonds is 25. The van der Waals surface area contributed by atoms with Crippen molar-refractivity contribution in [1.82, 2.24) is 0 Å². The fourth-order valence-electron chi connectivity index (χ4n) is 7.99. The van der Waals surface area contributed by atoms with Crippen LogP contribution < -0.4 is 0 Å². The highest BCUT2D eigenvalue weighted by Crippen LogP contribution is 2.43. The zero-order chi connectivity index (χ0) is 37.7. The van der Waals surface area contributed by atoms with Gasteiger partial charge in [-0.3, -0.25) is 0 Å². The number of hydrogen-bond donors (Lipinski definition) is 0. The van der Waals surface area contributed by atoms with E-state index in [1.807, 2.05) is 0 Å². The molecule has 0 atom stereocenters. The topological polar surface area (TPSA) is 25.3 Å². The van der Waals surface area contributed by atoms with E-state index in [0.717, 1.165) is 66.6 Å². The lowest BCUT2D eigenvalue weighted by Crippen LogP contribution is -2.08. The molecule has 52 heavy (non-hydrogen) atoms. The molecule has 3 rings (SSSR count). The summed E-state index contributed by atoms with van der Waals surface area (Å²) >= 11 is 0. The zero-order valence-electron chi connectivity index (χ0n) is 35.2. The van der Waals surface area contributed by atoms with Gasteiger partial charge < -0.3 is 5.53 Å². The maximum atomic E-state index is 12.3. The minimum atomic E-state index is 0.824. The number of nitrogens with zero attached hydrogens (tertiary/aromatic N) is 2. The van der Waals surface area contributed by atoms with Crippen molar-refractivity contribution in [2.45, 2.75) is 209 Å². The second-order valence-corrected chi connectivity index (χ2v) is 15.8. The molecule has 0 saturated carbocycles. The summed E-state index contributed by atoms with van der Waals surface area (Å²) in [5, 5.41) is 0. The van der Waals surface area contributed by atoms with Crippen molar-refractivity contribution in [2.75, 3.05) is 0 Å². The monoisotopic (exact) mass is 705 g/mol. The summed E-state index contributed by atoms with van der Waals surface area (Å²) < 4.78 is 1.52. The summed E-state index contributed by atoms with van der Waals surface area (Å²) in [5.74, 6) is 7.30. The van der Waals surface area contributed by atoms with Crippen LogP contribution in [0.3, 0.4) is 0 Å². The molecule has 1 heterocycles. The van der Waals surface area contributed by atoms with E-state index in [1.54, 1.807) is 5.56 Å². The number of allylic oxidation sites excluding steroid dienone is 2. The smallest absolute Gasteiger partial charge is 0.223 e. The molecule has 1 aliphatic heterocycles. The van der Waals surface area contributed by atoms with Crippen molar-refractivity contribution in [1.29, 1.82) is 0 Å². The van der Waals surface area contributed by atoms with Crippen molar-refractivity contribution < 1.29 is 4.70 Å². The Hall–Kier alpha value is -2.92. The first-order chi connectivity index (χ1) is 25.3. The number of unbranched alkanes of at least 4 members (excludes halogenated alkanes) is 16. The Morgan fingerprint density at radius 1 is 0.519 bits per heavy atom. The summed E-state index contributed by atoms with van der Waals surface area (Å²) in [6, 6.07) is 9.35. The maximum absolute atomic E-state index is 12.3. The minimum Gasteiger partial charge on any atom is -0.493 e. The highest BCUT2D eigenvalue weighted by molar-refractivity contribution is 5.86. The van der Waals surface area contributed by atoms with Gasteiger partial charge >= 0.3 is 0 Å². The molecular weight excluding hydrogens is 629 g/mol. The van der Waals surface area contributed by atoms with E-state index in [0.29, 0.717) is 0 Å². The molecule has 2 heteroatoms. The first-order valence-corrected chi connectivity index (χ1v) is 22.0. The zero-order valence-corrected chi connectivity index (χ0v) is 35.2. The Morgan fingerprint density at radius 2 is 0.962 bits per heavy atom. The van der Waals surface area contributed by atoms with Gasteiger partial charge in [-0.05, 0) is 130 Å². The van der Waals surface area contributed by atoms with Gasteiger partial charge in [0, 0.05) is 23.1 Å². The molecule has 0 N–H and O–H groups in total. The van der Waals surface area contributed by atoms with Crippen molar-refractivity contribution in [3.05, 3.63) is 85.5 Å². The van der Waals surface area contributed by atoms with E-state index in [2.05, 4.69) is 91.5 Å². The van der Waals surface area contributed by atoms with Crippen LogP contribution in [-0.2, 0) is 19.3 Å². The summed E-state index contributed by atoms with van der Waals surface area (Å²) in [5.41, 5.74) is 26.9. The summed E-state index contributed by atoms with van der Waals surface area (Å²) in [4.78, 5) is 0. The van der Waals surface area contributed by atoms with E-state index in [1.165, 1.54) is 154 Å². The van der Waals surface area contributed by atoms with E-state index in [4.69, 9.17) is 0 Å². The molecule has 0 amide bonds. The largest absolute Gasteiger partial charge is 0.493 e. The molecule has 0 fully saturated rings. The first kappa shape index (κ1) is 43.5. The fraction of sp³-hybridized carbons (Fsp3) is 0.640. The molecule has 0 unspecified atom stereocenters. The molecule has 2 aromatic carbocycles. The lowest BCUT2D eigenvalue weighted by atomic mass is 9.87. The minimum absolute atomic E-state index is 0.824. The first-order valence-electron chi connectivity index (χ1n) is 22.0. The Balaban J connectivity index is 1.90. The summed E-state index contributed by atoms with van der Waals surface area (Å²) in [7, 11) is 0. The molecule has 0 bridgehead atoms. The molecular formula is C50H76N2. The van der Waals surface area contributed by atoms with Gasteiger partial charge in [0.15, 0.2) is 0 Å². The van der Waals surface area contributed by atoms with Crippen LogP contribution in [0.1, 0.15) is 214 Å². The predicted molar refractivity (Wildman–Crippen MR) is 229 cm³/mol. The molecule has 0 saturated heterocycles. The van der Waals surface area contributed by atoms with Crippen LogP contribution >= 0.6 is 0 Å². The Kier molecular flexibility index (Phi) is 20.4. The third-order valence-corrected chi connectivity index (χ3v) is 11.5. The van der Waals surface area contributed by atoms with Gasteiger partial charge in [-0.15, -0.1) is 0 Å². The quantitative estimate of drug-likeness (QED) is 0.0558. The van der Waals surface area contributed by atoms with Gasteiger partial charge in [-0.2, -0.15) is 0 Å². The lowest BCUT2D eigenvalue weighted by molar-refractivity contribution is -0.345. The third-order valence-electron chi connectivity index (χ3n) is 11.5. The Morgan fingerprint density at radius 3 is 1.44 bits per heavy atom. The second-order valence-electron chi connectivity index (χ2n) is 15.8. The molecule has 1 aliphatic rings. The van der Waals surface area contributed by atoms with Gasteiger partial charge in [0.05, 0.1) is 0 Å². The van der Waals surface area contributed by atoms with Crippen LogP contribution in [0.25, 0.3) is 16.9 Å². The van der Waals surface area contributed by atoms with Crippen molar-refractivity contribution >= 4 is 11.4 Å². The SMILES string of the molecule is CCCCCCCCCCCCCCCC#CC1=C(c2cc(CCCC)c(CCCC)c(CCCC)c2)[N+](=[N-])C(c2cc(C)c(C)c(C)c2)=C1CC. The van der Waals surface area contributed by atoms with Crippen LogP contribution in [0.2, 0.25) is 0 Å². The van der Waals surface area contributed by atoms with E-state index < -0.39 is 0 Å². The van der Waals surface area contributed by atoms with Crippen LogP contribution in [0.5, 0.6) is 0 Å². The van der Waals surface area contributed by atoms with E-state index >= 15 is 0 Å². The number of aryl methyl sites for hydroxylation is 4. The van der Waals surface area contributed by atoms with Gasteiger partial charge in [0.1, 0.15) is 5.57 Å². The highest BCUT2D eigenvalue weighted by Gasteiger charge is 2.35. The average molecular weight is 705 g/mol. The van der Waals surface area contributed by atoms with Gasteiger partial charge in [0.25, 0.3) is 0 Å². The Bertz CT molecular complexity index is 1490. The molecule has 0 aliphatic carbocycles. The molecule has 286 valence electrons. The lowest BCUT2D eigenvalue weighted by Gasteiger charge is -2.18. The fourth-order valence-corrected chi connectivity index (χ4v) is 7.99. The molecule has 0 aromatic heterocycles. The van der Waals surface area contributed by atoms with Crippen molar-refractivity contribution in [2.24, 2.45) is 0 Å². The molecule has 0 radical (unpaired) electrons. The summed E-state index contributed by atoms with van der Waals surface area (Å²) in [6.45, 7) is 18.0. The van der Waals surface area contributed by atoms with E-state index in [9.17, 15) is 5.53 Å². The van der Waals surface area contributed by atoms with E-state index in [-0.39, 0.29) is 0 Å². The highest BCUT2D eigenvalue weighted by atomic mass is 15.2. The molecule has 2 nitrogen and oxygen atoms in total. The van der Waals surface area contributed by atoms with Crippen LogP contribution in [0, 0.1) is 32.6 Å². The maximum Gasteiger partial charge on any atom is 0.223 e. The van der Waals surface area contributed by atoms with Gasteiger partial charge in [0.2, 0.25) is 11.4 Å². The third kappa shape index (κ3) is 12.9. The normalized spacial score (nSPS) is 13.0. The predicted octanol–water partition coefficient (Wildman–Crippen LogP) is 15.7. The van der Waals surface area contributed by atoms with Crippen LogP contribution in [0.4, 0.5) is 0 Å².